The standard InChI is InChI=1S/C74H135N2O7P/c1-7-10-13-16-19-22-25-28-30-32-34-36-38-40-42-44-46-48-51-54-57-60-63-66-73(77)75-71(70-82-84(79,80)81-69-68-76(4,5)6)72(65-62-59-56-53-50-27-24-21-18-15-12-9-3)83-74(78)67-64-61-58-55-52-49-47-45-43-41-39-37-35-33-31-29-26-23-20-17-14-11-8-2/h10,13,19,22,28,30,34,36,40,42,46,48,62,65,71-72H,7-9,11-12,14-18,20-21,23-27,29,31-33,35,37-39,41,43-45,47,49-61,63-64,66-70H2,1-6H3,(H-,75,77,79,80)/b13-10-,22-19-,30-28-,36-34-,42-40-,48-46-,65-62+. The molecule has 0 fully saturated rings. The number of carbonyl (C=O) groups is 2. The van der Waals surface area contributed by atoms with Crippen LogP contribution in [0.25, 0.3) is 0 Å². The summed E-state index contributed by atoms with van der Waals surface area (Å²) in [4.78, 5) is 40.2. The molecule has 0 radical (unpaired) electrons. The molecule has 0 spiro atoms. The van der Waals surface area contributed by atoms with Crippen LogP contribution in [0.1, 0.15) is 323 Å². The number of phosphoric acid groups is 1. The van der Waals surface area contributed by atoms with E-state index in [1.165, 1.54) is 180 Å². The average molecular weight is 1200 g/mol. The summed E-state index contributed by atoms with van der Waals surface area (Å²) < 4.78 is 30.4. The van der Waals surface area contributed by atoms with Crippen molar-refractivity contribution in [3.63, 3.8) is 0 Å². The molecule has 10 heteroatoms. The van der Waals surface area contributed by atoms with E-state index in [2.05, 4.69) is 99.0 Å². The first-order valence-corrected chi connectivity index (χ1v) is 36.9. The zero-order valence-electron chi connectivity index (χ0n) is 55.8. The van der Waals surface area contributed by atoms with Crippen molar-refractivity contribution in [3.05, 3.63) is 85.1 Å². The molecule has 0 aliphatic rings. The average Bonchev–Trinajstić information content (AvgIpc) is 3.64. The van der Waals surface area contributed by atoms with E-state index in [-0.39, 0.29) is 31.3 Å². The highest BCUT2D eigenvalue weighted by atomic mass is 31.2. The Hall–Kier alpha value is -2.81. The first kappa shape index (κ1) is 81.2. The fourth-order valence-electron chi connectivity index (χ4n) is 10.2. The van der Waals surface area contributed by atoms with Crippen LogP contribution in [0, 0.1) is 0 Å². The zero-order chi connectivity index (χ0) is 61.4. The number of nitrogens with one attached hydrogen (secondary N) is 1. The van der Waals surface area contributed by atoms with Crippen LogP contribution in [0.3, 0.4) is 0 Å². The van der Waals surface area contributed by atoms with E-state index in [0.29, 0.717) is 17.4 Å². The van der Waals surface area contributed by atoms with Crippen molar-refractivity contribution in [3.8, 4) is 0 Å². The highest BCUT2D eigenvalue weighted by molar-refractivity contribution is 7.45. The number of carbonyl (C=O) groups excluding carboxylic acids is 2. The van der Waals surface area contributed by atoms with Gasteiger partial charge in [0.05, 0.1) is 33.8 Å². The lowest BCUT2D eigenvalue weighted by molar-refractivity contribution is -0.870. The second kappa shape index (κ2) is 63.2. The number of amides is 1. The molecule has 1 amide bonds. The lowest BCUT2D eigenvalue weighted by Crippen LogP contribution is -2.47. The predicted molar refractivity (Wildman–Crippen MR) is 362 cm³/mol. The van der Waals surface area contributed by atoms with Crippen LogP contribution >= 0.6 is 7.82 Å². The van der Waals surface area contributed by atoms with E-state index in [4.69, 9.17) is 13.8 Å². The van der Waals surface area contributed by atoms with E-state index >= 15 is 0 Å². The van der Waals surface area contributed by atoms with Gasteiger partial charge in [0.1, 0.15) is 19.3 Å². The van der Waals surface area contributed by atoms with Gasteiger partial charge in [-0.05, 0) is 83.1 Å². The Kier molecular flexibility index (Phi) is 61.1. The zero-order valence-corrected chi connectivity index (χ0v) is 56.7. The monoisotopic (exact) mass is 1200 g/mol. The predicted octanol–water partition coefficient (Wildman–Crippen LogP) is 21.9. The summed E-state index contributed by atoms with van der Waals surface area (Å²) in [5.41, 5.74) is 0. The molecule has 0 bridgehead atoms. The van der Waals surface area contributed by atoms with Crippen molar-refractivity contribution in [2.45, 2.75) is 335 Å². The second-order valence-electron chi connectivity index (χ2n) is 25.0. The van der Waals surface area contributed by atoms with Crippen molar-refractivity contribution in [1.29, 1.82) is 0 Å². The van der Waals surface area contributed by atoms with Crippen LogP contribution in [-0.4, -0.2) is 69.4 Å². The molecular formula is C74H135N2O7P. The number of allylic oxidation sites excluding steroid dienone is 13. The number of ether oxygens (including phenoxy) is 1. The first-order valence-electron chi connectivity index (χ1n) is 35.4. The molecular weight excluding hydrogens is 1060 g/mol. The van der Waals surface area contributed by atoms with Gasteiger partial charge < -0.3 is 28.5 Å². The Bertz CT molecular complexity index is 1710. The Morgan fingerprint density at radius 1 is 0.429 bits per heavy atom. The highest BCUT2D eigenvalue weighted by Crippen LogP contribution is 2.38. The molecule has 0 heterocycles. The van der Waals surface area contributed by atoms with Gasteiger partial charge in [-0.25, -0.2) is 0 Å². The maximum absolute atomic E-state index is 13.6. The van der Waals surface area contributed by atoms with Crippen LogP contribution in [0.15, 0.2) is 85.1 Å². The molecule has 0 aromatic carbocycles. The molecule has 3 atom stereocenters. The quantitative estimate of drug-likeness (QED) is 0.0212. The summed E-state index contributed by atoms with van der Waals surface area (Å²) in [6.45, 7) is 6.74. The number of hydrogen-bond acceptors (Lipinski definition) is 7. The number of nitrogens with zero attached hydrogens (tertiary/aromatic N) is 1. The highest BCUT2D eigenvalue weighted by Gasteiger charge is 2.27. The summed E-state index contributed by atoms with van der Waals surface area (Å²) in [6, 6.07) is -0.905. The number of quaternary nitrogens is 1. The number of hydrogen-bond donors (Lipinski definition) is 1. The molecule has 0 aromatic heterocycles. The molecule has 84 heavy (non-hydrogen) atoms. The van der Waals surface area contributed by atoms with E-state index in [1.807, 2.05) is 33.3 Å². The number of likely N-dealkylation sites (N-methyl/N-ethyl adjacent to an activating group) is 1. The van der Waals surface area contributed by atoms with Crippen molar-refractivity contribution in [2.24, 2.45) is 0 Å². The van der Waals surface area contributed by atoms with E-state index in [9.17, 15) is 19.0 Å². The number of rotatable bonds is 64. The Morgan fingerprint density at radius 2 is 0.762 bits per heavy atom. The molecule has 0 saturated carbocycles. The third kappa shape index (κ3) is 63.7. The molecule has 1 N–H and O–H groups in total. The maximum atomic E-state index is 13.6. The third-order valence-corrected chi connectivity index (χ3v) is 16.6. The summed E-state index contributed by atoms with van der Waals surface area (Å²) in [5.74, 6) is -0.561. The SMILES string of the molecule is CC/C=C\C/C=C\C/C=C\C/C=C\C/C=C\C/C=C\CCCCCCC(=O)NC(COP(=O)([O-])OCC[N+](C)(C)C)C(/C=C/CCCCCCCCCCCC)OC(=O)CCCCCCCCCCCCCCCCCCCCCCCCC. The van der Waals surface area contributed by atoms with Gasteiger partial charge in [0, 0.05) is 12.8 Å². The van der Waals surface area contributed by atoms with Crippen molar-refractivity contribution in [1.82, 2.24) is 5.32 Å². The smallest absolute Gasteiger partial charge is 0.306 e. The van der Waals surface area contributed by atoms with Crippen LogP contribution < -0.4 is 10.2 Å². The third-order valence-electron chi connectivity index (χ3n) is 15.6. The molecule has 0 aromatic rings. The summed E-state index contributed by atoms with van der Waals surface area (Å²) in [7, 11) is 1.17. The van der Waals surface area contributed by atoms with Crippen molar-refractivity contribution in [2.75, 3.05) is 40.9 Å². The second-order valence-corrected chi connectivity index (χ2v) is 26.4. The maximum Gasteiger partial charge on any atom is 0.306 e. The van der Waals surface area contributed by atoms with Gasteiger partial charge in [-0.15, -0.1) is 0 Å². The van der Waals surface area contributed by atoms with Gasteiger partial charge in [0.25, 0.3) is 7.82 Å². The van der Waals surface area contributed by atoms with Crippen LogP contribution in [0.2, 0.25) is 0 Å². The van der Waals surface area contributed by atoms with Crippen molar-refractivity contribution < 1.29 is 37.3 Å². The minimum atomic E-state index is -4.71. The van der Waals surface area contributed by atoms with Crippen LogP contribution in [-0.2, 0) is 27.9 Å². The summed E-state index contributed by atoms with van der Waals surface area (Å²) in [5, 5.41) is 3.03. The number of esters is 1. The largest absolute Gasteiger partial charge is 0.756 e. The molecule has 3 unspecified atom stereocenters. The topological polar surface area (TPSA) is 114 Å². The fraction of sp³-hybridized carbons (Fsp3) is 0.784. The lowest BCUT2D eigenvalue weighted by atomic mass is 10.0. The van der Waals surface area contributed by atoms with Crippen molar-refractivity contribution >= 4 is 19.7 Å². The summed E-state index contributed by atoms with van der Waals surface area (Å²) >= 11 is 0. The minimum absolute atomic E-state index is 0.0296. The van der Waals surface area contributed by atoms with Gasteiger partial charge in [0.15, 0.2) is 0 Å². The fourth-order valence-corrected chi connectivity index (χ4v) is 10.9. The molecule has 488 valence electrons. The molecule has 0 aliphatic carbocycles. The number of unbranched alkanes of at least 4 members (excludes halogenated alkanes) is 36. The van der Waals surface area contributed by atoms with Gasteiger partial charge in [0.2, 0.25) is 5.91 Å². The Balaban J connectivity index is 5.13. The Morgan fingerprint density at radius 3 is 1.14 bits per heavy atom. The molecule has 0 aliphatic heterocycles. The van der Waals surface area contributed by atoms with Gasteiger partial charge in [-0.3, -0.25) is 14.2 Å². The normalized spacial score (nSPS) is 14.0. The number of phosphoric ester groups is 1. The minimum Gasteiger partial charge on any atom is -0.756 e. The van der Waals surface area contributed by atoms with Crippen LogP contribution in [0.5, 0.6) is 0 Å². The van der Waals surface area contributed by atoms with Gasteiger partial charge in [-0.1, -0.05) is 312 Å². The summed E-state index contributed by atoms with van der Waals surface area (Å²) in [6.07, 6.45) is 84.2. The molecule has 0 saturated heterocycles. The first-order chi connectivity index (χ1) is 40.9. The molecule has 0 rings (SSSR count). The molecule has 9 nitrogen and oxygen atoms in total. The van der Waals surface area contributed by atoms with E-state index in [0.717, 1.165) is 103 Å². The Labute approximate surface area is 520 Å². The van der Waals surface area contributed by atoms with Gasteiger partial charge >= 0.3 is 5.97 Å². The van der Waals surface area contributed by atoms with E-state index in [1.54, 1.807) is 0 Å². The van der Waals surface area contributed by atoms with Gasteiger partial charge in [-0.2, -0.15) is 0 Å². The lowest BCUT2D eigenvalue weighted by Gasteiger charge is -2.30. The van der Waals surface area contributed by atoms with E-state index < -0.39 is 26.6 Å². The van der Waals surface area contributed by atoms with Crippen LogP contribution in [0.4, 0.5) is 0 Å².